The maximum absolute atomic E-state index is 5.85. The Kier molecular flexibility index (Phi) is 3.92. The van der Waals surface area contributed by atoms with Gasteiger partial charge in [0.2, 0.25) is 0 Å². The van der Waals surface area contributed by atoms with Gasteiger partial charge in [-0.15, -0.1) is 11.3 Å². The summed E-state index contributed by atoms with van der Waals surface area (Å²) in [5, 5.41) is 1.95. The minimum Gasteiger partial charge on any atom is -0.488 e. The fraction of sp³-hybridized carbons (Fsp3) is 0.125. The second-order valence-electron chi connectivity index (χ2n) is 4.53. The second-order valence-corrected chi connectivity index (χ2v) is 6.14. The molecular weight excluding hydrogens is 290 g/mol. The molecule has 0 saturated heterocycles. The van der Waals surface area contributed by atoms with Gasteiger partial charge in [-0.05, 0) is 47.3 Å². The van der Waals surface area contributed by atoms with Crippen LogP contribution < -0.4 is 10.5 Å². The van der Waals surface area contributed by atoms with Crippen molar-refractivity contribution < 1.29 is 4.74 Å². The number of thiophene rings is 1. The summed E-state index contributed by atoms with van der Waals surface area (Å²) in [6, 6.07) is 15.9. The van der Waals surface area contributed by atoms with Crippen molar-refractivity contribution in [2.45, 2.75) is 13.2 Å². The highest BCUT2D eigenvalue weighted by atomic mass is 35.5. The summed E-state index contributed by atoms with van der Waals surface area (Å²) in [6.45, 7) is 1.14. The van der Waals surface area contributed by atoms with Gasteiger partial charge in [-0.1, -0.05) is 23.7 Å². The normalized spacial score (nSPS) is 10.9. The first kappa shape index (κ1) is 13.4. The highest BCUT2D eigenvalue weighted by Crippen LogP contribution is 2.27. The molecule has 0 aliphatic rings. The number of nitrogens with two attached hydrogens (primary N) is 1. The van der Waals surface area contributed by atoms with E-state index >= 15 is 0 Å². The minimum absolute atomic E-state index is 0.568. The van der Waals surface area contributed by atoms with Crippen LogP contribution in [0.4, 0.5) is 0 Å². The van der Waals surface area contributed by atoms with Crippen molar-refractivity contribution in [1.29, 1.82) is 0 Å². The summed E-state index contributed by atoms with van der Waals surface area (Å²) in [7, 11) is 0. The van der Waals surface area contributed by atoms with Gasteiger partial charge in [0, 0.05) is 21.1 Å². The van der Waals surface area contributed by atoms with Crippen molar-refractivity contribution in [1.82, 2.24) is 0 Å². The SMILES string of the molecule is NCc1ccc2cc(COc3ccc(Cl)cc3)sc2c1. The van der Waals surface area contributed by atoms with E-state index in [2.05, 4.69) is 24.3 Å². The van der Waals surface area contributed by atoms with Crippen molar-refractivity contribution in [2.75, 3.05) is 0 Å². The lowest BCUT2D eigenvalue weighted by Gasteiger charge is -2.03. The first-order chi connectivity index (χ1) is 9.74. The van der Waals surface area contributed by atoms with E-state index in [0.29, 0.717) is 18.2 Å². The maximum Gasteiger partial charge on any atom is 0.122 e. The third-order valence-electron chi connectivity index (χ3n) is 3.07. The van der Waals surface area contributed by atoms with Crippen LogP contribution in [-0.4, -0.2) is 0 Å². The molecule has 3 aromatic rings. The predicted octanol–water partition coefficient (Wildman–Crippen LogP) is 4.59. The number of benzene rings is 2. The lowest BCUT2D eigenvalue weighted by atomic mass is 10.2. The number of hydrogen-bond donors (Lipinski definition) is 1. The zero-order valence-electron chi connectivity index (χ0n) is 10.8. The molecule has 0 aliphatic carbocycles. The molecule has 3 rings (SSSR count). The van der Waals surface area contributed by atoms with Crippen LogP contribution in [0.5, 0.6) is 5.75 Å². The van der Waals surface area contributed by atoms with Crippen LogP contribution in [0.1, 0.15) is 10.4 Å². The monoisotopic (exact) mass is 303 g/mol. The number of hydrogen-bond acceptors (Lipinski definition) is 3. The zero-order chi connectivity index (χ0) is 13.9. The van der Waals surface area contributed by atoms with E-state index in [0.717, 1.165) is 11.3 Å². The highest BCUT2D eigenvalue weighted by Gasteiger charge is 2.04. The number of ether oxygens (including phenoxy) is 1. The van der Waals surface area contributed by atoms with Crippen LogP contribution in [-0.2, 0) is 13.2 Å². The third-order valence-corrected chi connectivity index (χ3v) is 4.39. The molecule has 0 saturated carbocycles. The van der Waals surface area contributed by atoms with Crippen molar-refractivity contribution in [2.24, 2.45) is 5.73 Å². The highest BCUT2D eigenvalue weighted by molar-refractivity contribution is 7.19. The summed E-state index contributed by atoms with van der Waals surface area (Å²) in [5.74, 6) is 0.828. The van der Waals surface area contributed by atoms with E-state index in [1.54, 1.807) is 11.3 Å². The molecule has 2 nitrogen and oxygen atoms in total. The molecule has 0 spiro atoms. The molecule has 0 radical (unpaired) electrons. The molecular formula is C16H14ClNOS. The van der Waals surface area contributed by atoms with E-state index in [9.17, 15) is 0 Å². The Bertz CT molecular complexity index is 721. The van der Waals surface area contributed by atoms with Gasteiger partial charge in [0.05, 0.1) is 0 Å². The van der Waals surface area contributed by atoms with Crippen LogP contribution in [0.15, 0.2) is 48.5 Å². The first-order valence-electron chi connectivity index (χ1n) is 6.34. The Labute approximate surface area is 126 Å². The van der Waals surface area contributed by atoms with Gasteiger partial charge < -0.3 is 10.5 Å². The Morgan fingerprint density at radius 3 is 2.60 bits per heavy atom. The summed E-state index contributed by atoms with van der Waals surface area (Å²) in [6.07, 6.45) is 0. The topological polar surface area (TPSA) is 35.2 Å². The average Bonchev–Trinajstić information content (AvgIpc) is 2.88. The standard InChI is InChI=1S/C16H14ClNOS/c17-13-3-5-14(6-4-13)19-10-15-8-12-2-1-11(9-18)7-16(12)20-15/h1-8H,9-10,18H2. The van der Waals surface area contributed by atoms with Crippen molar-refractivity contribution in [3.63, 3.8) is 0 Å². The van der Waals surface area contributed by atoms with Gasteiger partial charge in [0.15, 0.2) is 0 Å². The van der Waals surface area contributed by atoms with Gasteiger partial charge in [0.25, 0.3) is 0 Å². The van der Waals surface area contributed by atoms with E-state index < -0.39 is 0 Å². The maximum atomic E-state index is 5.85. The molecule has 102 valence electrons. The summed E-state index contributed by atoms with van der Waals surface area (Å²) < 4.78 is 7.01. The van der Waals surface area contributed by atoms with Crippen molar-refractivity contribution >= 4 is 33.0 Å². The van der Waals surface area contributed by atoms with Gasteiger partial charge in [0.1, 0.15) is 12.4 Å². The number of rotatable bonds is 4. The van der Waals surface area contributed by atoms with E-state index in [4.69, 9.17) is 22.1 Å². The fourth-order valence-corrected chi connectivity index (χ4v) is 3.18. The molecule has 0 bridgehead atoms. The van der Waals surface area contributed by atoms with Crippen molar-refractivity contribution in [3.05, 3.63) is 64.0 Å². The van der Waals surface area contributed by atoms with Crippen LogP contribution in [0.25, 0.3) is 10.1 Å². The average molecular weight is 304 g/mol. The quantitative estimate of drug-likeness (QED) is 0.765. The van der Waals surface area contributed by atoms with Crippen LogP contribution >= 0.6 is 22.9 Å². The Hall–Kier alpha value is -1.55. The van der Waals surface area contributed by atoms with Gasteiger partial charge in [-0.2, -0.15) is 0 Å². The van der Waals surface area contributed by atoms with Gasteiger partial charge in [-0.3, -0.25) is 0 Å². The van der Waals surface area contributed by atoms with Crippen LogP contribution in [0.2, 0.25) is 5.02 Å². The Morgan fingerprint density at radius 2 is 1.85 bits per heavy atom. The molecule has 0 aliphatic heterocycles. The Morgan fingerprint density at radius 1 is 1.05 bits per heavy atom. The smallest absolute Gasteiger partial charge is 0.122 e. The molecule has 1 heterocycles. The molecule has 2 aromatic carbocycles. The predicted molar refractivity (Wildman–Crippen MR) is 85.5 cm³/mol. The van der Waals surface area contributed by atoms with Crippen LogP contribution in [0.3, 0.4) is 0 Å². The summed E-state index contributed by atoms with van der Waals surface area (Å²) >= 11 is 7.59. The summed E-state index contributed by atoms with van der Waals surface area (Å²) in [4.78, 5) is 1.20. The minimum atomic E-state index is 0.568. The van der Waals surface area contributed by atoms with E-state index in [1.807, 2.05) is 24.3 Å². The molecule has 0 amide bonds. The fourth-order valence-electron chi connectivity index (χ4n) is 2.01. The lowest BCUT2D eigenvalue weighted by molar-refractivity contribution is 0.310. The third kappa shape index (κ3) is 2.96. The molecule has 1 aromatic heterocycles. The first-order valence-corrected chi connectivity index (χ1v) is 7.54. The van der Waals surface area contributed by atoms with Crippen molar-refractivity contribution in [3.8, 4) is 5.75 Å². The molecule has 20 heavy (non-hydrogen) atoms. The molecule has 0 fully saturated rings. The zero-order valence-corrected chi connectivity index (χ0v) is 12.4. The van der Waals surface area contributed by atoms with E-state index in [1.165, 1.54) is 15.0 Å². The number of fused-ring (bicyclic) bond motifs is 1. The summed E-state index contributed by atoms with van der Waals surface area (Å²) in [5.41, 5.74) is 6.82. The molecule has 2 N–H and O–H groups in total. The Balaban J connectivity index is 1.75. The molecule has 0 unspecified atom stereocenters. The largest absolute Gasteiger partial charge is 0.488 e. The molecule has 4 heteroatoms. The second kappa shape index (κ2) is 5.83. The van der Waals surface area contributed by atoms with Gasteiger partial charge >= 0.3 is 0 Å². The lowest BCUT2D eigenvalue weighted by Crippen LogP contribution is -1.94. The van der Waals surface area contributed by atoms with Crippen LogP contribution in [0, 0.1) is 0 Å². The van der Waals surface area contributed by atoms with E-state index in [-0.39, 0.29) is 0 Å². The number of halogens is 1. The molecule has 0 atom stereocenters. The van der Waals surface area contributed by atoms with Gasteiger partial charge in [-0.25, -0.2) is 0 Å².